The van der Waals surface area contributed by atoms with Crippen LogP contribution in [0, 0.1) is 5.92 Å². The van der Waals surface area contributed by atoms with E-state index in [-0.39, 0.29) is 11.7 Å². The Morgan fingerprint density at radius 1 is 1.03 bits per heavy atom. The average molecular weight is 431 g/mol. The van der Waals surface area contributed by atoms with Crippen LogP contribution < -0.4 is 10.1 Å². The third-order valence-electron chi connectivity index (χ3n) is 5.47. The van der Waals surface area contributed by atoms with Crippen molar-refractivity contribution < 1.29 is 17.9 Å². The number of piperidine rings is 1. The molecule has 0 aliphatic carbocycles. The molecule has 0 unspecified atom stereocenters. The van der Waals surface area contributed by atoms with Crippen molar-refractivity contribution in [1.29, 1.82) is 0 Å². The molecule has 6 nitrogen and oxygen atoms in total. The molecule has 0 saturated carbocycles. The third-order valence-corrected chi connectivity index (χ3v) is 6.33. The van der Waals surface area contributed by atoms with Crippen LogP contribution in [0.3, 0.4) is 0 Å². The van der Waals surface area contributed by atoms with Crippen molar-refractivity contribution in [3.63, 3.8) is 0 Å². The Bertz CT molecular complexity index is 932. The molecule has 162 valence electrons. The van der Waals surface area contributed by atoms with Gasteiger partial charge in [-0.3, -0.25) is 9.69 Å². The van der Waals surface area contributed by atoms with Crippen LogP contribution in [-0.2, 0) is 22.1 Å². The van der Waals surface area contributed by atoms with Crippen LogP contribution in [0.5, 0.6) is 5.75 Å². The lowest BCUT2D eigenvalue weighted by molar-refractivity contribution is 0.0935. The van der Waals surface area contributed by atoms with Gasteiger partial charge in [-0.05, 0) is 67.2 Å². The lowest BCUT2D eigenvalue weighted by atomic mass is 9.96. The Morgan fingerprint density at radius 2 is 1.63 bits per heavy atom. The zero-order chi connectivity index (χ0) is 21.6. The summed E-state index contributed by atoms with van der Waals surface area (Å²) in [5.41, 5.74) is 2.53. The lowest BCUT2D eigenvalue weighted by Gasteiger charge is -2.32. The van der Waals surface area contributed by atoms with E-state index in [4.69, 9.17) is 4.74 Å². The minimum absolute atomic E-state index is 0.00992. The van der Waals surface area contributed by atoms with Gasteiger partial charge in [0.1, 0.15) is 5.75 Å². The average Bonchev–Trinajstić information content (AvgIpc) is 2.73. The van der Waals surface area contributed by atoms with E-state index < -0.39 is 9.84 Å². The van der Waals surface area contributed by atoms with Crippen LogP contribution in [0.15, 0.2) is 48.5 Å². The number of methoxy groups -OCH3 is 1. The summed E-state index contributed by atoms with van der Waals surface area (Å²) in [6.07, 6.45) is 3.32. The molecule has 1 saturated heterocycles. The summed E-state index contributed by atoms with van der Waals surface area (Å²) in [5.74, 6) is 1.23. The first-order valence-electron chi connectivity index (χ1n) is 10.2. The maximum absolute atomic E-state index is 12.4. The molecule has 1 N–H and O–H groups in total. The highest BCUT2D eigenvalue weighted by molar-refractivity contribution is 7.89. The molecular formula is C23H30N2O4S. The Balaban J connectivity index is 1.41. The molecule has 30 heavy (non-hydrogen) atoms. The number of nitrogens with zero attached hydrogens (tertiary/aromatic N) is 1. The molecule has 7 heteroatoms. The van der Waals surface area contributed by atoms with Crippen molar-refractivity contribution in [2.75, 3.05) is 33.0 Å². The van der Waals surface area contributed by atoms with E-state index in [1.54, 1.807) is 31.4 Å². The number of amides is 1. The molecule has 1 fully saturated rings. The van der Waals surface area contributed by atoms with Crippen molar-refractivity contribution >= 4 is 15.7 Å². The van der Waals surface area contributed by atoms with Gasteiger partial charge < -0.3 is 10.1 Å². The van der Waals surface area contributed by atoms with Gasteiger partial charge in [0.2, 0.25) is 0 Å². The summed E-state index contributed by atoms with van der Waals surface area (Å²) in [4.78, 5) is 14.8. The molecule has 3 rings (SSSR count). The normalized spacial score (nSPS) is 15.7. The molecular weight excluding hydrogens is 400 g/mol. The smallest absolute Gasteiger partial charge is 0.251 e. The molecule has 0 bridgehead atoms. The minimum atomic E-state index is -3.07. The van der Waals surface area contributed by atoms with E-state index in [1.807, 2.05) is 12.1 Å². The number of ether oxygens (including phenoxy) is 1. The molecule has 1 aliphatic rings. The van der Waals surface area contributed by atoms with Crippen LogP contribution in [0.25, 0.3) is 0 Å². The van der Waals surface area contributed by atoms with Crippen molar-refractivity contribution in [2.24, 2.45) is 5.92 Å². The third kappa shape index (κ3) is 6.85. The lowest BCUT2D eigenvalue weighted by Crippen LogP contribution is -2.38. The van der Waals surface area contributed by atoms with Gasteiger partial charge in [-0.1, -0.05) is 24.3 Å². The SMILES string of the molecule is COc1ccc(CN2CCC(CNC(=O)c3ccc(CS(C)(=O)=O)cc3)CC2)cc1. The van der Waals surface area contributed by atoms with E-state index in [1.165, 1.54) is 11.8 Å². The van der Waals surface area contributed by atoms with E-state index in [9.17, 15) is 13.2 Å². The molecule has 0 aromatic heterocycles. The molecule has 0 spiro atoms. The fourth-order valence-corrected chi connectivity index (χ4v) is 4.53. The number of likely N-dealkylation sites (tertiary alicyclic amines) is 1. The van der Waals surface area contributed by atoms with Crippen molar-refractivity contribution in [3.05, 3.63) is 65.2 Å². The topological polar surface area (TPSA) is 75.7 Å². The number of sulfone groups is 1. The number of nitrogens with one attached hydrogen (secondary N) is 1. The predicted octanol–water partition coefficient (Wildman–Crippen LogP) is 2.88. The molecule has 0 atom stereocenters. The summed E-state index contributed by atoms with van der Waals surface area (Å²) < 4.78 is 27.9. The van der Waals surface area contributed by atoms with Gasteiger partial charge in [0.15, 0.2) is 9.84 Å². The number of carbonyl (C=O) groups excluding carboxylic acids is 1. The molecule has 0 radical (unpaired) electrons. The number of rotatable bonds is 8. The maximum Gasteiger partial charge on any atom is 0.251 e. The van der Waals surface area contributed by atoms with Crippen molar-refractivity contribution in [1.82, 2.24) is 10.2 Å². The number of carbonyl (C=O) groups is 1. The quantitative estimate of drug-likeness (QED) is 0.697. The first-order valence-corrected chi connectivity index (χ1v) is 12.3. The van der Waals surface area contributed by atoms with Crippen LogP contribution in [0.1, 0.15) is 34.3 Å². The fraction of sp³-hybridized carbons (Fsp3) is 0.435. The Kier molecular flexibility index (Phi) is 7.50. The Hall–Kier alpha value is -2.38. The van der Waals surface area contributed by atoms with Crippen molar-refractivity contribution in [2.45, 2.75) is 25.1 Å². The van der Waals surface area contributed by atoms with Gasteiger partial charge in [0, 0.05) is 24.9 Å². The van der Waals surface area contributed by atoms with Gasteiger partial charge in [-0.15, -0.1) is 0 Å². The number of benzene rings is 2. The highest BCUT2D eigenvalue weighted by Crippen LogP contribution is 2.20. The van der Waals surface area contributed by atoms with Gasteiger partial charge >= 0.3 is 0 Å². The molecule has 2 aromatic rings. The highest BCUT2D eigenvalue weighted by Gasteiger charge is 2.20. The summed E-state index contributed by atoms with van der Waals surface area (Å²) >= 11 is 0. The van der Waals surface area contributed by atoms with Gasteiger partial charge in [0.25, 0.3) is 5.91 Å². The second kappa shape index (κ2) is 10.1. The minimum Gasteiger partial charge on any atom is -0.497 e. The van der Waals surface area contributed by atoms with Crippen LogP contribution in [0.4, 0.5) is 0 Å². The van der Waals surface area contributed by atoms with Gasteiger partial charge in [0.05, 0.1) is 12.9 Å². The Morgan fingerprint density at radius 3 is 2.20 bits per heavy atom. The number of hydrogen-bond donors (Lipinski definition) is 1. The zero-order valence-corrected chi connectivity index (χ0v) is 18.5. The Labute approximate surface area is 179 Å². The predicted molar refractivity (Wildman–Crippen MR) is 118 cm³/mol. The van der Waals surface area contributed by atoms with Crippen LogP contribution in [0.2, 0.25) is 0 Å². The maximum atomic E-state index is 12.4. The summed E-state index contributed by atoms with van der Waals surface area (Å²) in [6.45, 7) is 3.64. The summed E-state index contributed by atoms with van der Waals surface area (Å²) in [7, 11) is -1.40. The van der Waals surface area contributed by atoms with Crippen LogP contribution in [-0.4, -0.2) is 52.2 Å². The molecule has 2 aromatic carbocycles. The highest BCUT2D eigenvalue weighted by atomic mass is 32.2. The number of hydrogen-bond acceptors (Lipinski definition) is 5. The van der Waals surface area contributed by atoms with E-state index in [2.05, 4.69) is 22.3 Å². The summed E-state index contributed by atoms with van der Waals surface area (Å²) in [5, 5.41) is 3.02. The monoisotopic (exact) mass is 430 g/mol. The molecule has 1 amide bonds. The van der Waals surface area contributed by atoms with Crippen LogP contribution >= 0.6 is 0 Å². The van der Waals surface area contributed by atoms with Gasteiger partial charge in [-0.25, -0.2) is 8.42 Å². The zero-order valence-electron chi connectivity index (χ0n) is 17.6. The van der Waals surface area contributed by atoms with Gasteiger partial charge in [-0.2, -0.15) is 0 Å². The van der Waals surface area contributed by atoms with Crippen molar-refractivity contribution in [3.8, 4) is 5.75 Å². The molecule has 1 heterocycles. The summed E-state index contributed by atoms with van der Waals surface area (Å²) in [6, 6.07) is 15.0. The fourth-order valence-electron chi connectivity index (χ4n) is 3.73. The van der Waals surface area contributed by atoms with E-state index in [0.717, 1.165) is 38.2 Å². The van der Waals surface area contributed by atoms with E-state index >= 15 is 0 Å². The first kappa shape index (κ1) is 22.3. The second-order valence-electron chi connectivity index (χ2n) is 8.04. The largest absolute Gasteiger partial charge is 0.497 e. The van der Waals surface area contributed by atoms with E-state index in [0.29, 0.717) is 23.6 Å². The molecule has 1 aliphatic heterocycles. The second-order valence-corrected chi connectivity index (χ2v) is 10.2. The first-order chi connectivity index (χ1) is 14.3. The standard InChI is InChI=1S/C23H30N2O4S/c1-29-22-9-5-19(6-10-22)16-25-13-11-18(12-14-25)15-24-23(26)21-7-3-20(4-8-21)17-30(2,27)28/h3-10,18H,11-17H2,1-2H3,(H,24,26).